The molecule has 0 aliphatic carbocycles. The predicted molar refractivity (Wildman–Crippen MR) is 73.8 cm³/mol. The molecule has 0 atom stereocenters. The van der Waals surface area contributed by atoms with E-state index in [1.807, 2.05) is 7.05 Å². The van der Waals surface area contributed by atoms with Gasteiger partial charge in [-0.05, 0) is 12.1 Å². The lowest BCUT2D eigenvalue weighted by Gasteiger charge is -2.10. The molecule has 0 spiro atoms. The highest BCUT2D eigenvalue weighted by Gasteiger charge is 2.12. The zero-order valence-electron chi connectivity index (χ0n) is 11.1. The lowest BCUT2D eigenvalue weighted by molar-refractivity contribution is 0.376. The van der Waals surface area contributed by atoms with E-state index in [9.17, 15) is 0 Å². The first-order valence-corrected chi connectivity index (χ1v) is 5.93. The van der Waals surface area contributed by atoms with Crippen LogP contribution in [0, 0.1) is 0 Å². The average molecular weight is 271 g/mol. The lowest BCUT2D eigenvalue weighted by atomic mass is 10.3. The number of fused-ring (bicyclic) bond motifs is 1. The highest BCUT2D eigenvalue weighted by Crippen LogP contribution is 2.34. The Balaban J connectivity index is 2.05. The minimum atomic E-state index is 0.422. The molecule has 2 N–H and O–H groups in total. The summed E-state index contributed by atoms with van der Waals surface area (Å²) in [5, 5.41) is 4.87. The molecular formula is C13H13N5O2. The number of aryl methyl sites for hydroxylation is 1. The molecule has 0 fully saturated rings. The van der Waals surface area contributed by atoms with Crippen LogP contribution in [0.3, 0.4) is 0 Å². The maximum Gasteiger partial charge on any atom is 0.233 e. The van der Waals surface area contributed by atoms with E-state index in [2.05, 4.69) is 15.1 Å². The van der Waals surface area contributed by atoms with Crippen LogP contribution < -0.4 is 15.2 Å². The van der Waals surface area contributed by atoms with Gasteiger partial charge in [0.1, 0.15) is 11.7 Å². The molecule has 2 aromatic heterocycles. The van der Waals surface area contributed by atoms with E-state index >= 15 is 0 Å². The standard InChI is InChI=1S/C13H13N5O2/c1-18-12-9(6-17-18)13(16-7-15-12)20-10-4-3-8(14)5-11(10)19-2/h3-7H,14H2,1-2H3. The van der Waals surface area contributed by atoms with Crippen molar-refractivity contribution in [3.05, 3.63) is 30.7 Å². The van der Waals surface area contributed by atoms with Crippen LogP contribution in [0.4, 0.5) is 5.69 Å². The van der Waals surface area contributed by atoms with Crippen molar-refractivity contribution in [2.75, 3.05) is 12.8 Å². The van der Waals surface area contributed by atoms with E-state index < -0.39 is 0 Å². The maximum atomic E-state index is 5.80. The van der Waals surface area contributed by atoms with Crippen LogP contribution in [0.2, 0.25) is 0 Å². The molecule has 7 heteroatoms. The third-order valence-corrected chi connectivity index (χ3v) is 2.89. The molecule has 0 aliphatic rings. The predicted octanol–water partition coefficient (Wildman–Crippen LogP) is 1.75. The van der Waals surface area contributed by atoms with E-state index in [4.69, 9.17) is 15.2 Å². The van der Waals surface area contributed by atoms with Crippen molar-refractivity contribution in [3.8, 4) is 17.4 Å². The Kier molecular flexibility index (Phi) is 2.86. The van der Waals surface area contributed by atoms with Crippen molar-refractivity contribution >= 4 is 16.7 Å². The van der Waals surface area contributed by atoms with Crippen LogP contribution in [-0.2, 0) is 7.05 Å². The summed E-state index contributed by atoms with van der Waals surface area (Å²) >= 11 is 0. The third kappa shape index (κ3) is 1.99. The Hall–Kier alpha value is -2.83. The molecule has 2 heterocycles. The van der Waals surface area contributed by atoms with Crippen LogP contribution in [0.1, 0.15) is 0 Å². The number of nitrogen functional groups attached to an aromatic ring is 1. The van der Waals surface area contributed by atoms with Gasteiger partial charge < -0.3 is 15.2 Å². The summed E-state index contributed by atoms with van der Waals surface area (Å²) in [5.41, 5.74) is 7.01. The summed E-state index contributed by atoms with van der Waals surface area (Å²) in [7, 11) is 3.37. The highest BCUT2D eigenvalue weighted by molar-refractivity contribution is 5.80. The number of nitrogens with zero attached hydrogens (tertiary/aromatic N) is 4. The Labute approximate surface area is 115 Å². The Bertz CT molecular complexity index is 769. The van der Waals surface area contributed by atoms with Gasteiger partial charge in [0.15, 0.2) is 17.1 Å². The topological polar surface area (TPSA) is 88.1 Å². The summed E-state index contributed by atoms with van der Waals surface area (Å²) in [4.78, 5) is 8.30. The number of methoxy groups -OCH3 is 1. The number of benzene rings is 1. The average Bonchev–Trinajstić information content (AvgIpc) is 2.84. The molecule has 3 aromatic rings. The zero-order chi connectivity index (χ0) is 14.1. The molecule has 0 saturated heterocycles. The SMILES string of the molecule is COc1cc(N)ccc1Oc1ncnc2c1cnn2C. The molecule has 1 aromatic carbocycles. The van der Waals surface area contributed by atoms with E-state index in [0.29, 0.717) is 28.7 Å². The number of rotatable bonds is 3. The number of hydrogen-bond donors (Lipinski definition) is 1. The molecule has 0 unspecified atom stereocenters. The van der Waals surface area contributed by atoms with Gasteiger partial charge in [-0.1, -0.05) is 0 Å². The van der Waals surface area contributed by atoms with Crippen molar-refractivity contribution in [3.63, 3.8) is 0 Å². The fraction of sp³-hybridized carbons (Fsp3) is 0.154. The molecule has 0 saturated carbocycles. The number of anilines is 1. The lowest BCUT2D eigenvalue weighted by Crippen LogP contribution is -1.96. The fourth-order valence-corrected chi connectivity index (χ4v) is 1.89. The van der Waals surface area contributed by atoms with Crippen molar-refractivity contribution in [2.45, 2.75) is 0 Å². The number of hydrogen-bond acceptors (Lipinski definition) is 6. The van der Waals surface area contributed by atoms with Crippen molar-refractivity contribution < 1.29 is 9.47 Å². The molecule has 0 bridgehead atoms. The molecule has 0 amide bonds. The van der Waals surface area contributed by atoms with Gasteiger partial charge in [0.25, 0.3) is 0 Å². The van der Waals surface area contributed by atoms with E-state index in [0.717, 1.165) is 5.39 Å². The monoisotopic (exact) mass is 271 g/mol. The van der Waals surface area contributed by atoms with E-state index in [1.165, 1.54) is 6.33 Å². The van der Waals surface area contributed by atoms with Crippen LogP contribution in [0.15, 0.2) is 30.7 Å². The number of ether oxygens (including phenoxy) is 2. The Morgan fingerprint density at radius 3 is 2.85 bits per heavy atom. The van der Waals surface area contributed by atoms with E-state index in [1.54, 1.807) is 36.2 Å². The summed E-state index contributed by atoms with van der Waals surface area (Å²) in [6.07, 6.45) is 3.09. The quantitative estimate of drug-likeness (QED) is 0.730. The van der Waals surface area contributed by atoms with Crippen LogP contribution in [0.5, 0.6) is 17.4 Å². The van der Waals surface area contributed by atoms with Crippen molar-refractivity contribution in [1.29, 1.82) is 0 Å². The second-order valence-electron chi connectivity index (χ2n) is 4.20. The smallest absolute Gasteiger partial charge is 0.233 e. The molecule has 20 heavy (non-hydrogen) atoms. The first-order chi connectivity index (χ1) is 9.69. The fourth-order valence-electron chi connectivity index (χ4n) is 1.89. The molecular weight excluding hydrogens is 258 g/mol. The van der Waals surface area contributed by atoms with Gasteiger partial charge in [0.2, 0.25) is 5.88 Å². The largest absolute Gasteiger partial charge is 0.493 e. The van der Waals surface area contributed by atoms with E-state index in [-0.39, 0.29) is 0 Å². The van der Waals surface area contributed by atoms with Crippen LogP contribution in [0.25, 0.3) is 11.0 Å². The first kappa shape index (κ1) is 12.2. The first-order valence-electron chi connectivity index (χ1n) is 5.93. The van der Waals surface area contributed by atoms with Gasteiger partial charge in [0, 0.05) is 18.8 Å². The van der Waals surface area contributed by atoms with Gasteiger partial charge in [-0.2, -0.15) is 5.10 Å². The maximum absolute atomic E-state index is 5.80. The van der Waals surface area contributed by atoms with Crippen LogP contribution in [-0.4, -0.2) is 26.9 Å². The summed E-state index contributed by atoms with van der Waals surface area (Å²) in [5.74, 6) is 1.50. The van der Waals surface area contributed by atoms with Gasteiger partial charge in [-0.15, -0.1) is 0 Å². The van der Waals surface area contributed by atoms with Gasteiger partial charge >= 0.3 is 0 Å². The van der Waals surface area contributed by atoms with Crippen LogP contribution >= 0.6 is 0 Å². The normalized spacial score (nSPS) is 10.7. The summed E-state index contributed by atoms with van der Waals surface area (Å²) in [6, 6.07) is 5.16. The Morgan fingerprint density at radius 1 is 1.20 bits per heavy atom. The molecule has 7 nitrogen and oxygen atoms in total. The second kappa shape index (κ2) is 4.69. The van der Waals surface area contributed by atoms with Crippen molar-refractivity contribution in [1.82, 2.24) is 19.7 Å². The number of nitrogens with two attached hydrogens (primary N) is 1. The summed E-state index contributed by atoms with van der Waals surface area (Å²) in [6.45, 7) is 0. The second-order valence-corrected chi connectivity index (χ2v) is 4.20. The Morgan fingerprint density at radius 2 is 2.05 bits per heavy atom. The molecule has 102 valence electrons. The molecule has 0 aliphatic heterocycles. The van der Waals surface area contributed by atoms with Crippen molar-refractivity contribution in [2.24, 2.45) is 7.05 Å². The minimum Gasteiger partial charge on any atom is -0.493 e. The van der Waals surface area contributed by atoms with Gasteiger partial charge in [-0.3, -0.25) is 4.68 Å². The number of aromatic nitrogens is 4. The van der Waals surface area contributed by atoms with Gasteiger partial charge in [0.05, 0.1) is 13.3 Å². The minimum absolute atomic E-state index is 0.422. The molecule has 3 rings (SSSR count). The summed E-state index contributed by atoms with van der Waals surface area (Å²) < 4.78 is 12.7. The zero-order valence-corrected chi connectivity index (χ0v) is 11.1. The van der Waals surface area contributed by atoms with Gasteiger partial charge in [-0.25, -0.2) is 9.97 Å². The third-order valence-electron chi connectivity index (χ3n) is 2.89. The molecule has 0 radical (unpaired) electrons. The highest BCUT2D eigenvalue weighted by atomic mass is 16.5.